The number of aromatic nitrogens is 3. The van der Waals surface area contributed by atoms with Crippen molar-refractivity contribution in [1.82, 2.24) is 14.7 Å². The van der Waals surface area contributed by atoms with E-state index in [1.807, 2.05) is 60.5 Å². The van der Waals surface area contributed by atoms with Crippen LogP contribution in [0.4, 0.5) is 5.69 Å². The third kappa shape index (κ3) is 3.71. The fraction of sp³-hybridized carbons (Fsp3) is 0.136. The predicted octanol–water partition coefficient (Wildman–Crippen LogP) is 3.06. The van der Waals surface area contributed by atoms with Gasteiger partial charge < -0.3 is 9.74 Å². The van der Waals surface area contributed by atoms with Gasteiger partial charge in [0.1, 0.15) is 12.9 Å². The monoisotopic (exact) mass is 372 g/mol. The van der Waals surface area contributed by atoms with E-state index in [2.05, 4.69) is 22.1 Å². The lowest BCUT2D eigenvalue weighted by Crippen LogP contribution is -2.29. The van der Waals surface area contributed by atoms with Crippen LogP contribution in [-0.4, -0.2) is 21.7 Å². The molecule has 0 N–H and O–H groups in total. The Morgan fingerprint density at radius 2 is 1.68 bits per heavy atom. The lowest BCUT2D eigenvalue weighted by atomic mass is 10.2. The first-order valence-corrected chi connectivity index (χ1v) is 9.00. The standard InChI is InChI=1S/C22H20N4O2/c1-25(14-17-8-4-2-5-9-17)20-12-21(27)26(22-19(20)13-23-16-24-22)28-15-18-10-6-3-7-11-18/h2-13,16H,14-15H2,1H3. The maximum absolute atomic E-state index is 12.8. The Bertz CT molecular complexity index is 1130. The quantitative estimate of drug-likeness (QED) is 0.521. The summed E-state index contributed by atoms with van der Waals surface area (Å²) in [6, 6.07) is 21.4. The molecule has 2 aromatic carbocycles. The summed E-state index contributed by atoms with van der Waals surface area (Å²) in [5.41, 5.74) is 3.08. The molecule has 0 amide bonds. The third-order valence-electron chi connectivity index (χ3n) is 4.50. The van der Waals surface area contributed by atoms with Gasteiger partial charge in [0, 0.05) is 25.9 Å². The van der Waals surface area contributed by atoms with Gasteiger partial charge in [0.15, 0.2) is 5.65 Å². The number of anilines is 1. The van der Waals surface area contributed by atoms with Crippen LogP contribution >= 0.6 is 0 Å². The summed E-state index contributed by atoms with van der Waals surface area (Å²) in [7, 11) is 1.95. The SMILES string of the molecule is CN(Cc1ccccc1)c1cc(=O)n(OCc2ccccc2)c2ncncc12. The first kappa shape index (κ1) is 17.7. The zero-order valence-electron chi connectivity index (χ0n) is 15.5. The number of fused-ring (bicyclic) bond motifs is 1. The number of hydrogen-bond donors (Lipinski definition) is 0. The molecule has 0 atom stereocenters. The lowest BCUT2D eigenvalue weighted by Gasteiger charge is -2.22. The van der Waals surface area contributed by atoms with Gasteiger partial charge in [0.25, 0.3) is 5.56 Å². The van der Waals surface area contributed by atoms with E-state index in [9.17, 15) is 4.79 Å². The molecular formula is C22H20N4O2. The largest absolute Gasteiger partial charge is 0.404 e. The molecule has 0 radical (unpaired) electrons. The summed E-state index contributed by atoms with van der Waals surface area (Å²) < 4.78 is 1.24. The average Bonchev–Trinajstić information content (AvgIpc) is 2.74. The number of benzene rings is 2. The molecule has 0 fully saturated rings. The second-order valence-electron chi connectivity index (χ2n) is 6.52. The molecule has 0 aliphatic rings. The van der Waals surface area contributed by atoms with Crippen LogP contribution in [-0.2, 0) is 13.2 Å². The van der Waals surface area contributed by atoms with Crippen molar-refractivity contribution < 1.29 is 4.84 Å². The van der Waals surface area contributed by atoms with E-state index < -0.39 is 0 Å². The summed E-state index contributed by atoms with van der Waals surface area (Å²) >= 11 is 0. The highest BCUT2D eigenvalue weighted by atomic mass is 16.7. The fourth-order valence-corrected chi connectivity index (χ4v) is 3.12. The molecule has 4 rings (SSSR count). The summed E-state index contributed by atoms with van der Waals surface area (Å²) in [5, 5.41) is 0.758. The van der Waals surface area contributed by atoms with Crippen LogP contribution in [0, 0.1) is 0 Å². The number of hydrogen-bond acceptors (Lipinski definition) is 5. The fourth-order valence-electron chi connectivity index (χ4n) is 3.12. The summed E-state index contributed by atoms with van der Waals surface area (Å²) in [6.07, 6.45) is 3.13. The molecule has 0 spiro atoms. The van der Waals surface area contributed by atoms with E-state index in [1.54, 1.807) is 12.3 Å². The van der Waals surface area contributed by atoms with E-state index in [1.165, 1.54) is 11.1 Å². The van der Waals surface area contributed by atoms with Gasteiger partial charge in [0.05, 0.1) is 11.1 Å². The molecule has 0 saturated carbocycles. The van der Waals surface area contributed by atoms with Crippen LogP contribution in [0.3, 0.4) is 0 Å². The molecule has 0 bridgehead atoms. The Kier molecular flexibility index (Phi) is 5.01. The third-order valence-corrected chi connectivity index (χ3v) is 4.50. The van der Waals surface area contributed by atoms with Crippen LogP contribution in [0.2, 0.25) is 0 Å². The number of nitrogens with zero attached hydrogens (tertiary/aromatic N) is 4. The minimum absolute atomic E-state index is 0.267. The maximum Gasteiger partial charge on any atom is 0.287 e. The molecule has 2 heterocycles. The zero-order valence-corrected chi connectivity index (χ0v) is 15.5. The molecule has 2 aromatic heterocycles. The van der Waals surface area contributed by atoms with Gasteiger partial charge in [-0.3, -0.25) is 4.79 Å². The molecule has 140 valence electrons. The highest BCUT2D eigenvalue weighted by molar-refractivity contribution is 5.88. The van der Waals surface area contributed by atoms with E-state index in [4.69, 9.17) is 4.84 Å². The van der Waals surface area contributed by atoms with Crippen LogP contribution in [0.1, 0.15) is 11.1 Å². The summed E-state index contributed by atoms with van der Waals surface area (Å²) in [4.78, 5) is 29.0. The van der Waals surface area contributed by atoms with E-state index >= 15 is 0 Å². The topological polar surface area (TPSA) is 60.2 Å². The molecule has 6 nitrogen and oxygen atoms in total. The Hall–Kier alpha value is -3.67. The number of rotatable bonds is 6. The molecule has 4 aromatic rings. The minimum Gasteiger partial charge on any atom is -0.404 e. The first-order chi connectivity index (χ1) is 13.7. The number of pyridine rings is 1. The highest BCUT2D eigenvalue weighted by Crippen LogP contribution is 2.23. The average molecular weight is 372 g/mol. The van der Waals surface area contributed by atoms with Crippen molar-refractivity contribution in [2.24, 2.45) is 0 Å². The molecule has 0 aliphatic heterocycles. The maximum atomic E-state index is 12.8. The Morgan fingerprint density at radius 1 is 1.00 bits per heavy atom. The second kappa shape index (κ2) is 7.92. The van der Waals surface area contributed by atoms with Crippen LogP contribution in [0.15, 0.2) is 84.0 Å². The first-order valence-electron chi connectivity index (χ1n) is 9.00. The van der Waals surface area contributed by atoms with E-state index in [0.29, 0.717) is 12.2 Å². The van der Waals surface area contributed by atoms with Crippen molar-refractivity contribution in [2.75, 3.05) is 11.9 Å². The van der Waals surface area contributed by atoms with Crippen molar-refractivity contribution in [2.45, 2.75) is 13.2 Å². The van der Waals surface area contributed by atoms with Gasteiger partial charge in [0.2, 0.25) is 0 Å². The Labute approximate surface area is 162 Å². The van der Waals surface area contributed by atoms with Crippen molar-refractivity contribution in [1.29, 1.82) is 0 Å². The van der Waals surface area contributed by atoms with Gasteiger partial charge in [-0.15, -0.1) is 4.73 Å². The summed E-state index contributed by atoms with van der Waals surface area (Å²) in [5.74, 6) is 0. The smallest absolute Gasteiger partial charge is 0.287 e. The van der Waals surface area contributed by atoms with Crippen molar-refractivity contribution >= 4 is 16.7 Å². The minimum atomic E-state index is -0.267. The molecule has 0 aliphatic carbocycles. The van der Waals surface area contributed by atoms with Gasteiger partial charge >= 0.3 is 0 Å². The van der Waals surface area contributed by atoms with Crippen LogP contribution in [0.5, 0.6) is 0 Å². The summed E-state index contributed by atoms with van der Waals surface area (Å²) in [6.45, 7) is 0.943. The van der Waals surface area contributed by atoms with Gasteiger partial charge in [-0.1, -0.05) is 60.7 Å². The van der Waals surface area contributed by atoms with Gasteiger partial charge in [-0.25, -0.2) is 9.97 Å². The van der Waals surface area contributed by atoms with Crippen LogP contribution in [0.25, 0.3) is 11.0 Å². The van der Waals surface area contributed by atoms with Crippen molar-refractivity contribution in [3.63, 3.8) is 0 Å². The molecule has 0 saturated heterocycles. The lowest BCUT2D eigenvalue weighted by molar-refractivity contribution is 0.0979. The van der Waals surface area contributed by atoms with Crippen molar-refractivity contribution in [3.8, 4) is 0 Å². The molecule has 6 heteroatoms. The molecule has 0 unspecified atom stereocenters. The molecular weight excluding hydrogens is 352 g/mol. The Morgan fingerprint density at radius 3 is 2.39 bits per heavy atom. The molecule has 28 heavy (non-hydrogen) atoms. The van der Waals surface area contributed by atoms with E-state index in [0.717, 1.165) is 22.2 Å². The van der Waals surface area contributed by atoms with E-state index in [-0.39, 0.29) is 12.2 Å². The predicted molar refractivity (Wildman–Crippen MR) is 109 cm³/mol. The Balaban J connectivity index is 1.69. The zero-order chi connectivity index (χ0) is 19.3. The van der Waals surface area contributed by atoms with Gasteiger partial charge in [-0.2, -0.15) is 0 Å². The van der Waals surface area contributed by atoms with Crippen molar-refractivity contribution in [3.05, 3.63) is 101 Å². The second-order valence-corrected chi connectivity index (χ2v) is 6.52. The van der Waals surface area contributed by atoms with Crippen LogP contribution < -0.4 is 15.3 Å². The van der Waals surface area contributed by atoms with Gasteiger partial charge in [-0.05, 0) is 11.1 Å². The normalized spacial score (nSPS) is 10.8. The highest BCUT2D eigenvalue weighted by Gasteiger charge is 2.14.